The number of aromatic nitrogens is 2. The minimum absolute atomic E-state index is 0.00912. The van der Waals surface area contributed by atoms with Crippen LogP contribution in [0.15, 0.2) is 114 Å². The van der Waals surface area contributed by atoms with Crippen molar-refractivity contribution in [2.75, 3.05) is 49.3 Å². The molecule has 1 saturated carbocycles. The van der Waals surface area contributed by atoms with Crippen LogP contribution in [0.5, 0.6) is 0 Å². The van der Waals surface area contributed by atoms with Gasteiger partial charge < -0.3 is 38.3 Å². The van der Waals surface area contributed by atoms with E-state index < -0.39 is 37.4 Å². The molecule has 24 heteroatoms. The van der Waals surface area contributed by atoms with Crippen LogP contribution in [0.2, 0.25) is 0 Å². The molecule has 6 aromatic rings. The van der Waals surface area contributed by atoms with E-state index >= 15 is 0 Å². The average Bonchev–Trinajstić information content (AvgIpc) is 1.69. The predicted octanol–water partition coefficient (Wildman–Crippen LogP) is 12.3. The molecular weight excluding hydrogens is 1270 g/mol. The fourth-order valence-corrected chi connectivity index (χ4v) is 16.7. The summed E-state index contributed by atoms with van der Waals surface area (Å²) < 4.78 is 86.2. The third kappa shape index (κ3) is 15.4. The Bertz CT molecular complexity index is 4130. The highest BCUT2D eigenvalue weighted by molar-refractivity contribution is 7.93. The Hall–Kier alpha value is -7.77. The molecule has 2 aromatic heterocycles. The first-order valence-corrected chi connectivity index (χ1v) is 37.5. The third-order valence-corrected chi connectivity index (χ3v) is 22.5. The quantitative estimate of drug-likeness (QED) is 0.0354. The number of amidine groups is 2. The summed E-state index contributed by atoms with van der Waals surface area (Å²) in [6.07, 6.45) is 8.12. The van der Waals surface area contributed by atoms with Crippen molar-refractivity contribution in [1.29, 1.82) is 0 Å². The number of aliphatic hydroxyl groups excluding tert-OH is 1. The molecule has 5 heterocycles. The molecule has 97 heavy (non-hydrogen) atoms. The average molecular weight is 1370 g/mol. The smallest absolute Gasteiger partial charge is 0.263 e. The van der Waals surface area contributed by atoms with Crippen molar-refractivity contribution in [1.82, 2.24) is 29.9 Å². The van der Waals surface area contributed by atoms with Crippen molar-refractivity contribution in [3.05, 3.63) is 130 Å². The van der Waals surface area contributed by atoms with E-state index in [1.807, 2.05) is 73.9 Å². The zero-order valence-corrected chi connectivity index (χ0v) is 59.5. The highest BCUT2D eigenvalue weighted by Gasteiger charge is 2.53. The van der Waals surface area contributed by atoms with Gasteiger partial charge in [-0.05, 0) is 137 Å². The number of unbranched alkanes of at least 4 members (excludes halogenated alkanes) is 2. The summed E-state index contributed by atoms with van der Waals surface area (Å²) in [6, 6.07) is 25.2. The Labute approximate surface area is 571 Å². The molecule has 1 aliphatic carbocycles. The summed E-state index contributed by atoms with van der Waals surface area (Å²) in [5, 5.41) is 20.8. The van der Waals surface area contributed by atoms with Crippen molar-refractivity contribution >= 4 is 61.1 Å². The molecule has 4 aromatic carbocycles. The number of piperidine rings is 1. The van der Waals surface area contributed by atoms with Gasteiger partial charge in [0, 0.05) is 80.8 Å². The summed E-state index contributed by atoms with van der Waals surface area (Å²) >= 11 is 0. The fraction of sp³-hybridized carbons (Fsp3) is 0.521. The number of nitrogens with zero attached hydrogens (tertiary/aromatic N) is 8. The molecule has 522 valence electrons. The van der Waals surface area contributed by atoms with E-state index in [9.17, 15) is 36.3 Å². The Morgan fingerprint density at radius 2 is 1.29 bits per heavy atom. The van der Waals surface area contributed by atoms with Crippen LogP contribution in [0, 0.1) is 32.6 Å². The van der Waals surface area contributed by atoms with E-state index in [1.165, 1.54) is 0 Å². The molecule has 5 unspecified atom stereocenters. The number of aliphatic imine (C=N–C) groups is 2. The first kappa shape index (κ1) is 72.0. The maximum Gasteiger partial charge on any atom is 0.263 e. The van der Waals surface area contributed by atoms with Gasteiger partial charge in [-0.15, -0.1) is 0 Å². The van der Waals surface area contributed by atoms with Crippen molar-refractivity contribution in [3.63, 3.8) is 0 Å². The van der Waals surface area contributed by atoms with E-state index in [4.69, 9.17) is 28.5 Å². The standard InChI is InChI=1S/C73H96N10O12S2/c1-11-17-28-64-74-72(36-13-3,46-80(10)66(84)14-4)70(86)82(64)42-51-30-34-57(55(39-51)45-93-16-6)60-25-20-22-27-63(60)97(90,91)79-68-61(50(9)95-77-68)41-53-32-35-58(53)69(85)81-38-23-37-73(47-81)71(87)83(65(75-73)29-18-12-2)43-52-31-33-56(54(40-52)44-92-15-5)59-24-19-21-26-62(59)96(88,89)78-67-48(7)49(8)94-76-67/h19-22,24-27,30-31,33-34,39-40,53,58,71,87H,11-18,23,28-29,32,35-38,41-47H2,1-10H3,(H,76,78)(H,77,79). The van der Waals surface area contributed by atoms with Crippen LogP contribution in [-0.2, 0) is 76.6 Å². The first-order valence-electron chi connectivity index (χ1n) is 34.5. The van der Waals surface area contributed by atoms with E-state index in [0.29, 0.717) is 135 Å². The SMILES string of the molecule is CCCCC1=NC(CCC)(CN(C)C(=O)CC)C(=O)N1Cc1ccc(-c2ccccc2S(=O)(=O)Nc2noc(C)c2CC2CCC2C(=O)N2CCCC3(C2)N=C(CCCC)N(Cc2ccc(-c4ccccc4S(=O)(=O)Nc4noc(C)c4C)c(COCC)c2)C3O)c(COCC)c1. The molecule has 2 fully saturated rings. The van der Waals surface area contributed by atoms with Crippen LogP contribution in [0.1, 0.15) is 170 Å². The zero-order valence-electron chi connectivity index (χ0n) is 57.9. The third-order valence-electron chi connectivity index (χ3n) is 19.7. The summed E-state index contributed by atoms with van der Waals surface area (Å²) in [6.45, 7) is 19.7. The number of hydrogen-bond donors (Lipinski definition) is 3. The molecule has 5 atom stereocenters. The number of amides is 3. The monoisotopic (exact) mass is 1370 g/mol. The highest BCUT2D eigenvalue weighted by Crippen LogP contribution is 2.45. The molecule has 0 bridgehead atoms. The molecule has 3 N–H and O–H groups in total. The molecule has 4 aliphatic rings. The van der Waals surface area contributed by atoms with Crippen LogP contribution in [0.3, 0.4) is 0 Å². The minimum Gasteiger partial charge on any atom is -0.377 e. The van der Waals surface area contributed by atoms with Gasteiger partial charge in [0.05, 0.1) is 42.6 Å². The highest BCUT2D eigenvalue weighted by atomic mass is 32.2. The van der Waals surface area contributed by atoms with Crippen LogP contribution >= 0.6 is 0 Å². The van der Waals surface area contributed by atoms with E-state index in [1.54, 1.807) is 86.1 Å². The van der Waals surface area contributed by atoms with Gasteiger partial charge in [0.25, 0.3) is 26.0 Å². The van der Waals surface area contributed by atoms with Crippen LogP contribution in [-0.4, -0.2) is 138 Å². The van der Waals surface area contributed by atoms with E-state index in [-0.39, 0.29) is 83.8 Å². The summed E-state index contributed by atoms with van der Waals surface area (Å²) in [5.41, 5.74) is 4.48. The molecule has 3 aliphatic heterocycles. The second-order valence-corrected chi connectivity index (χ2v) is 29.7. The number of rotatable bonds is 32. The lowest BCUT2D eigenvalue weighted by atomic mass is 9.69. The van der Waals surface area contributed by atoms with Gasteiger partial charge in [-0.2, -0.15) is 0 Å². The normalized spacial score (nSPS) is 20.3. The lowest BCUT2D eigenvalue weighted by molar-refractivity contribution is -0.145. The lowest BCUT2D eigenvalue weighted by Crippen LogP contribution is -2.58. The summed E-state index contributed by atoms with van der Waals surface area (Å²) in [4.78, 5) is 60.2. The number of sulfonamides is 2. The number of nitrogens with one attached hydrogen (secondary N) is 2. The Kier molecular flexibility index (Phi) is 23.0. The minimum atomic E-state index is -4.35. The molecule has 0 radical (unpaired) electrons. The summed E-state index contributed by atoms with van der Waals surface area (Å²) in [7, 11) is -6.74. The molecule has 1 saturated heterocycles. The Morgan fingerprint density at radius 3 is 1.85 bits per heavy atom. The van der Waals surface area contributed by atoms with Gasteiger partial charge in [0.15, 0.2) is 23.4 Å². The maximum atomic E-state index is 14.9. The van der Waals surface area contributed by atoms with Crippen molar-refractivity contribution in [2.24, 2.45) is 21.8 Å². The number of carbonyl (C=O) groups excluding carboxylic acids is 3. The summed E-state index contributed by atoms with van der Waals surface area (Å²) in [5.74, 6) is 1.85. The zero-order chi connectivity index (χ0) is 69.4. The van der Waals surface area contributed by atoms with Crippen molar-refractivity contribution in [3.8, 4) is 22.3 Å². The van der Waals surface area contributed by atoms with Crippen LogP contribution in [0.25, 0.3) is 22.3 Å². The van der Waals surface area contributed by atoms with Gasteiger partial charge in [-0.3, -0.25) is 38.7 Å². The second kappa shape index (κ2) is 31.0. The number of likely N-dealkylation sites (N-methyl/N-ethyl adjacent to an activating group) is 1. The molecule has 10 rings (SSSR count). The lowest BCUT2D eigenvalue weighted by Gasteiger charge is -2.45. The first-order chi connectivity index (χ1) is 46.5. The van der Waals surface area contributed by atoms with Crippen LogP contribution < -0.4 is 9.44 Å². The molecule has 22 nitrogen and oxygen atoms in total. The molecule has 3 amide bonds. The Balaban J connectivity index is 0.840. The van der Waals surface area contributed by atoms with Gasteiger partial charge in [-0.1, -0.05) is 130 Å². The van der Waals surface area contributed by atoms with E-state index in [0.717, 1.165) is 60.2 Å². The topological polar surface area (TPSA) is 272 Å². The fourth-order valence-electron chi connectivity index (χ4n) is 14.1. The number of anilines is 2. The van der Waals surface area contributed by atoms with Gasteiger partial charge in [0.2, 0.25) is 11.8 Å². The number of carbonyl (C=O) groups is 3. The van der Waals surface area contributed by atoms with Gasteiger partial charge in [0.1, 0.15) is 28.7 Å². The van der Waals surface area contributed by atoms with E-state index in [2.05, 4.69) is 33.6 Å². The number of aliphatic hydroxyl groups is 1. The number of likely N-dealkylation sites (tertiary alicyclic amines) is 1. The number of benzene rings is 4. The van der Waals surface area contributed by atoms with Gasteiger partial charge >= 0.3 is 0 Å². The maximum absolute atomic E-state index is 14.9. The van der Waals surface area contributed by atoms with Gasteiger partial charge in [-0.25, -0.2) is 16.8 Å². The largest absolute Gasteiger partial charge is 0.377 e. The van der Waals surface area contributed by atoms with Crippen molar-refractivity contribution in [2.45, 2.75) is 206 Å². The number of aryl methyl sites for hydroxylation is 2. The predicted molar refractivity (Wildman–Crippen MR) is 373 cm³/mol. The number of ether oxygens (including phenoxy) is 2. The number of hydrogen-bond acceptors (Lipinski definition) is 17. The second-order valence-electron chi connectivity index (χ2n) is 26.4. The Morgan fingerprint density at radius 1 is 0.711 bits per heavy atom. The molecule has 1 spiro atoms. The van der Waals surface area contributed by atoms with Crippen molar-refractivity contribution < 1.29 is 54.8 Å². The van der Waals surface area contributed by atoms with Crippen LogP contribution in [0.4, 0.5) is 11.6 Å². The molecular formula is C73H96N10O12S2.